The van der Waals surface area contributed by atoms with Gasteiger partial charge in [0.25, 0.3) is 5.91 Å². The van der Waals surface area contributed by atoms with Crippen LogP contribution in [0, 0.1) is 0 Å². The standard InChI is InChI=1S/C18H15N3O4/c1-21-11-15(18(23)24)16(20-21)17(22)19-12-7-9-14(10-8-12)25-13-5-3-2-4-6-13/h2-11H,1H3,(H,19,22)(H,23,24). The highest BCUT2D eigenvalue weighted by atomic mass is 16.5. The highest BCUT2D eigenvalue weighted by Crippen LogP contribution is 2.23. The number of aromatic carboxylic acids is 1. The van der Waals surface area contributed by atoms with E-state index in [1.807, 2.05) is 30.3 Å². The van der Waals surface area contributed by atoms with Crippen LogP contribution < -0.4 is 10.1 Å². The number of carbonyl (C=O) groups is 2. The predicted molar refractivity (Wildman–Crippen MR) is 91.1 cm³/mol. The number of carbonyl (C=O) groups excluding carboxylic acids is 1. The normalized spacial score (nSPS) is 10.3. The number of carboxylic acid groups (broad SMARTS) is 1. The second-order valence-corrected chi connectivity index (χ2v) is 5.26. The largest absolute Gasteiger partial charge is 0.478 e. The van der Waals surface area contributed by atoms with E-state index in [4.69, 9.17) is 9.84 Å². The number of carboxylic acids is 1. The summed E-state index contributed by atoms with van der Waals surface area (Å²) in [5.74, 6) is -0.466. The maximum absolute atomic E-state index is 12.2. The first kappa shape index (κ1) is 16.3. The number of ether oxygens (including phenoxy) is 1. The fourth-order valence-corrected chi connectivity index (χ4v) is 2.23. The van der Waals surface area contributed by atoms with Gasteiger partial charge >= 0.3 is 5.97 Å². The van der Waals surface area contributed by atoms with Crippen LogP contribution in [0.3, 0.4) is 0 Å². The quantitative estimate of drug-likeness (QED) is 0.746. The molecule has 2 aromatic carbocycles. The number of para-hydroxylation sites is 1. The molecule has 0 aliphatic rings. The SMILES string of the molecule is Cn1cc(C(=O)O)c(C(=O)Nc2ccc(Oc3ccccc3)cc2)n1. The van der Waals surface area contributed by atoms with Crippen LogP contribution in [-0.2, 0) is 7.05 Å². The van der Waals surface area contributed by atoms with E-state index < -0.39 is 11.9 Å². The van der Waals surface area contributed by atoms with Crippen LogP contribution in [0.2, 0.25) is 0 Å². The van der Waals surface area contributed by atoms with Gasteiger partial charge in [0.05, 0.1) is 0 Å². The van der Waals surface area contributed by atoms with Crippen LogP contribution in [0.15, 0.2) is 60.8 Å². The van der Waals surface area contributed by atoms with Gasteiger partial charge in [-0.05, 0) is 36.4 Å². The summed E-state index contributed by atoms with van der Waals surface area (Å²) in [6.07, 6.45) is 1.29. The van der Waals surface area contributed by atoms with Crippen molar-refractivity contribution >= 4 is 17.6 Å². The van der Waals surface area contributed by atoms with E-state index in [0.29, 0.717) is 17.2 Å². The van der Waals surface area contributed by atoms with Crippen molar-refractivity contribution in [1.82, 2.24) is 9.78 Å². The summed E-state index contributed by atoms with van der Waals surface area (Å²) in [5, 5.41) is 15.6. The summed E-state index contributed by atoms with van der Waals surface area (Å²) in [6.45, 7) is 0. The van der Waals surface area contributed by atoms with Crippen LogP contribution in [0.25, 0.3) is 0 Å². The first-order valence-corrected chi connectivity index (χ1v) is 7.44. The van der Waals surface area contributed by atoms with Crippen molar-refractivity contribution in [3.05, 3.63) is 72.1 Å². The average molecular weight is 337 g/mol. The number of hydrogen-bond acceptors (Lipinski definition) is 4. The van der Waals surface area contributed by atoms with Crippen molar-refractivity contribution in [3.63, 3.8) is 0 Å². The summed E-state index contributed by atoms with van der Waals surface area (Å²) >= 11 is 0. The Morgan fingerprint density at radius 2 is 1.68 bits per heavy atom. The molecule has 0 atom stereocenters. The van der Waals surface area contributed by atoms with Gasteiger partial charge in [0.15, 0.2) is 5.69 Å². The zero-order chi connectivity index (χ0) is 17.8. The van der Waals surface area contributed by atoms with E-state index in [0.717, 1.165) is 0 Å². The van der Waals surface area contributed by atoms with Crippen molar-refractivity contribution in [2.75, 3.05) is 5.32 Å². The Hall–Kier alpha value is -3.61. The van der Waals surface area contributed by atoms with Crippen LogP contribution in [-0.4, -0.2) is 26.8 Å². The van der Waals surface area contributed by atoms with Crippen LogP contribution in [0.5, 0.6) is 11.5 Å². The summed E-state index contributed by atoms with van der Waals surface area (Å²) in [4.78, 5) is 23.4. The number of rotatable bonds is 5. The number of nitrogens with one attached hydrogen (secondary N) is 1. The molecular weight excluding hydrogens is 322 g/mol. The molecule has 0 aliphatic heterocycles. The highest BCUT2D eigenvalue weighted by molar-refractivity contribution is 6.09. The summed E-state index contributed by atoms with van der Waals surface area (Å²) < 4.78 is 6.96. The summed E-state index contributed by atoms with van der Waals surface area (Å²) in [6, 6.07) is 16.1. The van der Waals surface area contributed by atoms with Gasteiger partial charge in [0, 0.05) is 18.9 Å². The lowest BCUT2D eigenvalue weighted by atomic mass is 10.2. The molecule has 126 valence electrons. The third-order valence-electron chi connectivity index (χ3n) is 3.37. The van der Waals surface area contributed by atoms with Gasteiger partial charge in [-0.15, -0.1) is 0 Å². The maximum atomic E-state index is 12.2. The Balaban J connectivity index is 1.71. The number of anilines is 1. The number of hydrogen-bond donors (Lipinski definition) is 2. The molecule has 3 aromatic rings. The number of aryl methyl sites for hydroxylation is 1. The molecule has 0 radical (unpaired) electrons. The van der Waals surface area contributed by atoms with Gasteiger partial charge < -0.3 is 15.2 Å². The van der Waals surface area contributed by atoms with Gasteiger partial charge in [0.1, 0.15) is 17.1 Å². The van der Waals surface area contributed by atoms with Crippen molar-refractivity contribution in [2.45, 2.75) is 0 Å². The van der Waals surface area contributed by atoms with Gasteiger partial charge in [-0.1, -0.05) is 18.2 Å². The fraction of sp³-hybridized carbons (Fsp3) is 0.0556. The first-order chi connectivity index (χ1) is 12.0. The van der Waals surface area contributed by atoms with Crippen LogP contribution >= 0.6 is 0 Å². The minimum Gasteiger partial charge on any atom is -0.478 e. The smallest absolute Gasteiger partial charge is 0.339 e. The highest BCUT2D eigenvalue weighted by Gasteiger charge is 2.21. The lowest BCUT2D eigenvalue weighted by Gasteiger charge is -2.07. The van der Waals surface area contributed by atoms with E-state index in [-0.39, 0.29) is 11.3 Å². The van der Waals surface area contributed by atoms with Crippen molar-refractivity contribution < 1.29 is 19.4 Å². The van der Waals surface area contributed by atoms with E-state index in [1.165, 1.54) is 10.9 Å². The van der Waals surface area contributed by atoms with Crippen LogP contribution in [0.1, 0.15) is 20.8 Å². The second kappa shape index (κ2) is 6.88. The van der Waals surface area contributed by atoms with Crippen molar-refractivity contribution in [3.8, 4) is 11.5 Å². The second-order valence-electron chi connectivity index (χ2n) is 5.26. The van der Waals surface area contributed by atoms with Gasteiger partial charge in [-0.3, -0.25) is 9.48 Å². The molecule has 0 aliphatic carbocycles. The van der Waals surface area contributed by atoms with Gasteiger partial charge in [-0.2, -0.15) is 5.10 Å². The molecule has 7 nitrogen and oxygen atoms in total. The van der Waals surface area contributed by atoms with Crippen molar-refractivity contribution in [1.29, 1.82) is 0 Å². The molecule has 1 amide bonds. The van der Waals surface area contributed by atoms with E-state index >= 15 is 0 Å². The molecule has 0 saturated carbocycles. The van der Waals surface area contributed by atoms with E-state index in [9.17, 15) is 9.59 Å². The Kier molecular flexibility index (Phi) is 4.47. The lowest BCUT2D eigenvalue weighted by molar-refractivity contribution is 0.0692. The molecule has 0 unspecified atom stereocenters. The molecule has 0 spiro atoms. The number of amides is 1. The average Bonchev–Trinajstić information content (AvgIpc) is 3.00. The monoisotopic (exact) mass is 337 g/mol. The fourth-order valence-electron chi connectivity index (χ4n) is 2.23. The van der Waals surface area contributed by atoms with Gasteiger partial charge in [-0.25, -0.2) is 4.79 Å². The number of benzene rings is 2. The lowest BCUT2D eigenvalue weighted by Crippen LogP contribution is -2.16. The maximum Gasteiger partial charge on any atom is 0.339 e. The zero-order valence-corrected chi connectivity index (χ0v) is 13.3. The molecule has 7 heteroatoms. The topological polar surface area (TPSA) is 93.5 Å². The molecule has 25 heavy (non-hydrogen) atoms. The first-order valence-electron chi connectivity index (χ1n) is 7.44. The number of nitrogens with zero attached hydrogens (tertiary/aromatic N) is 2. The molecule has 3 rings (SSSR count). The Morgan fingerprint density at radius 1 is 1.04 bits per heavy atom. The minimum atomic E-state index is -1.20. The van der Waals surface area contributed by atoms with E-state index in [2.05, 4.69) is 10.4 Å². The zero-order valence-electron chi connectivity index (χ0n) is 13.3. The Bertz CT molecular complexity index is 902. The Labute approximate surface area is 143 Å². The molecule has 2 N–H and O–H groups in total. The molecule has 0 saturated heterocycles. The molecule has 0 fully saturated rings. The third kappa shape index (κ3) is 3.84. The Morgan fingerprint density at radius 3 is 2.32 bits per heavy atom. The van der Waals surface area contributed by atoms with Crippen LogP contribution in [0.4, 0.5) is 5.69 Å². The molecular formula is C18H15N3O4. The summed E-state index contributed by atoms with van der Waals surface area (Å²) in [7, 11) is 1.55. The number of aromatic nitrogens is 2. The van der Waals surface area contributed by atoms with E-state index in [1.54, 1.807) is 31.3 Å². The van der Waals surface area contributed by atoms with Crippen molar-refractivity contribution in [2.24, 2.45) is 7.05 Å². The predicted octanol–water partition coefficient (Wildman–Crippen LogP) is 3.16. The van der Waals surface area contributed by atoms with Gasteiger partial charge in [0.2, 0.25) is 0 Å². The minimum absolute atomic E-state index is 0.139. The molecule has 0 bridgehead atoms. The molecule has 1 heterocycles. The third-order valence-corrected chi connectivity index (χ3v) is 3.37. The summed E-state index contributed by atoms with van der Waals surface area (Å²) in [5.41, 5.74) is 0.219. The molecule has 1 aromatic heterocycles.